The molecule has 1 aliphatic heterocycles. The average Bonchev–Trinajstić information content (AvgIpc) is 3.24. The zero-order chi connectivity index (χ0) is 19.5. The van der Waals surface area contributed by atoms with Crippen molar-refractivity contribution in [3.05, 3.63) is 71.1 Å². The van der Waals surface area contributed by atoms with Crippen molar-refractivity contribution in [3.8, 4) is 17.5 Å². The SMILES string of the molecule is Cc1ccccc1-c1noc(C2CCN(C(=O)c3ccc(C#N)cc3)CC2)n1. The molecule has 0 saturated carbocycles. The molecule has 0 aliphatic carbocycles. The molecule has 1 amide bonds. The second-order valence-electron chi connectivity index (χ2n) is 7.03. The molecule has 1 saturated heterocycles. The summed E-state index contributed by atoms with van der Waals surface area (Å²) in [6, 6.07) is 16.8. The second-order valence-corrected chi connectivity index (χ2v) is 7.03. The number of likely N-dealkylation sites (tertiary alicyclic amines) is 1. The lowest BCUT2D eigenvalue weighted by molar-refractivity contribution is 0.0704. The lowest BCUT2D eigenvalue weighted by atomic mass is 9.96. The molecule has 140 valence electrons. The molecule has 1 aliphatic rings. The summed E-state index contributed by atoms with van der Waals surface area (Å²) < 4.78 is 5.52. The number of hydrogen-bond acceptors (Lipinski definition) is 5. The highest BCUT2D eigenvalue weighted by molar-refractivity contribution is 5.94. The van der Waals surface area contributed by atoms with Crippen molar-refractivity contribution >= 4 is 5.91 Å². The molecule has 3 aromatic rings. The number of nitriles is 1. The van der Waals surface area contributed by atoms with E-state index in [1.54, 1.807) is 24.3 Å². The van der Waals surface area contributed by atoms with Crippen molar-refractivity contribution in [2.24, 2.45) is 0 Å². The molecule has 6 nitrogen and oxygen atoms in total. The van der Waals surface area contributed by atoms with Gasteiger partial charge in [-0.05, 0) is 49.6 Å². The number of hydrogen-bond donors (Lipinski definition) is 0. The summed E-state index contributed by atoms with van der Waals surface area (Å²) in [6.45, 7) is 3.32. The van der Waals surface area contributed by atoms with E-state index in [-0.39, 0.29) is 11.8 Å². The molecule has 1 aromatic heterocycles. The number of rotatable bonds is 3. The largest absolute Gasteiger partial charge is 0.339 e. The molecule has 1 fully saturated rings. The van der Waals surface area contributed by atoms with Crippen LogP contribution in [0.1, 0.15) is 46.1 Å². The standard InChI is InChI=1S/C22H20N4O2/c1-15-4-2-3-5-19(15)20-24-21(28-25-20)17-10-12-26(13-11-17)22(27)18-8-6-16(14-23)7-9-18/h2-9,17H,10-13H2,1H3. The predicted molar refractivity (Wildman–Crippen MR) is 104 cm³/mol. The summed E-state index contributed by atoms with van der Waals surface area (Å²) in [6.07, 6.45) is 1.58. The van der Waals surface area contributed by atoms with Gasteiger partial charge in [0, 0.05) is 30.1 Å². The lowest BCUT2D eigenvalue weighted by Crippen LogP contribution is -2.38. The number of amides is 1. The van der Waals surface area contributed by atoms with Crippen LogP contribution in [0.5, 0.6) is 0 Å². The van der Waals surface area contributed by atoms with E-state index in [9.17, 15) is 4.79 Å². The van der Waals surface area contributed by atoms with Crippen LogP contribution >= 0.6 is 0 Å². The van der Waals surface area contributed by atoms with Crippen LogP contribution in [0.2, 0.25) is 0 Å². The number of carbonyl (C=O) groups excluding carboxylic acids is 1. The number of nitrogens with zero attached hydrogens (tertiary/aromatic N) is 4. The van der Waals surface area contributed by atoms with E-state index in [0.717, 1.165) is 24.0 Å². The van der Waals surface area contributed by atoms with Crippen LogP contribution in [0.3, 0.4) is 0 Å². The van der Waals surface area contributed by atoms with E-state index >= 15 is 0 Å². The Morgan fingerprint density at radius 2 is 1.86 bits per heavy atom. The van der Waals surface area contributed by atoms with E-state index in [0.29, 0.717) is 35.9 Å². The molecule has 0 radical (unpaired) electrons. The lowest BCUT2D eigenvalue weighted by Gasteiger charge is -2.30. The fraction of sp³-hybridized carbons (Fsp3) is 0.273. The van der Waals surface area contributed by atoms with E-state index in [1.165, 1.54) is 0 Å². The van der Waals surface area contributed by atoms with Crippen LogP contribution in [0.25, 0.3) is 11.4 Å². The minimum absolute atomic E-state index is 0.00549. The van der Waals surface area contributed by atoms with Crippen LogP contribution in [0.15, 0.2) is 53.1 Å². The van der Waals surface area contributed by atoms with Gasteiger partial charge in [-0.3, -0.25) is 4.79 Å². The molecule has 6 heteroatoms. The summed E-state index contributed by atoms with van der Waals surface area (Å²) >= 11 is 0. The quantitative estimate of drug-likeness (QED) is 0.695. The molecule has 0 bridgehead atoms. The summed E-state index contributed by atoms with van der Waals surface area (Å²) in [5.74, 6) is 1.41. The van der Waals surface area contributed by atoms with E-state index in [2.05, 4.69) is 16.2 Å². The molecule has 4 rings (SSSR count). The van der Waals surface area contributed by atoms with Crippen LogP contribution < -0.4 is 0 Å². The van der Waals surface area contributed by atoms with Crippen LogP contribution in [-0.2, 0) is 0 Å². The monoisotopic (exact) mass is 372 g/mol. The highest BCUT2D eigenvalue weighted by atomic mass is 16.5. The average molecular weight is 372 g/mol. The molecule has 0 unspecified atom stereocenters. The maximum atomic E-state index is 12.7. The van der Waals surface area contributed by atoms with E-state index in [1.807, 2.05) is 36.1 Å². The molecular formula is C22H20N4O2. The fourth-order valence-corrected chi connectivity index (χ4v) is 3.53. The molecule has 0 N–H and O–H groups in total. The van der Waals surface area contributed by atoms with Gasteiger partial charge in [0.1, 0.15) is 0 Å². The van der Waals surface area contributed by atoms with Crippen LogP contribution in [-0.4, -0.2) is 34.0 Å². The Morgan fingerprint density at radius 1 is 1.14 bits per heavy atom. The van der Waals surface area contributed by atoms with Gasteiger partial charge in [0.2, 0.25) is 11.7 Å². The summed E-state index contributed by atoms with van der Waals surface area (Å²) in [5.41, 5.74) is 3.25. The highest BCUT2D eigenvalue weighted by Gasteiger charge is 2.28. The second kappa shape index (κ2) is 7.65. The third-order valence-electron chi connectivity index (χ3n) is 5.22. The Hall–Kier alpha value is -3.46. The first-order valence-electron chi connectivity index (χ1n) is 9.35. The van der Waals surface area contributed by atoms with Crippen LogP contribution in [0.4, 0.5) is 0 Å². The molecule has 28 heavy (non-hydrogen) atoms. The molecule has 2 aromatic carbocycles. The Kier molecular flexibility index (Phi) is 4.90. The maximum absolute atomic E-state index is 12.7. The highest BCUT2D eigenvalue weighted by Crippen LogP contribution is 2.29. The first-order valence-corrected chi connectivity index (χ1v) is 9.35. The van der Waals surface area contributed by atoms with Crippen molar-refractivity contribution in [2.45, 2.75) is 25.7 Å². The van der Waals surface area contributed by atoms with Gasteiger partial charge >= 0.3 is 0 Å². The Balaban J connectivity index is 1.41. The van der Waals surface area contributed by atoms with E-state index < -0.39 is 0 Å². The molecule has 0 atom stereocenters. The van der Waals surface area contributed by atoms with Gasteiger partial charge in [-0.25, -0.2) is 0 Å². The van der Waals surface area contributed by atoms with Gasteiger partial charge in [0.25, 0.3) is 5.91 Å². The third-order valence-corrected chi connectivity index (χ3v) is 5.22. The topological polar surface area (TPSA) is 83.0 Å². The number of carbonyl (C=O) groups is 1. The number of piperidine rings is 1. The van der Waals surface area contributed by atoms with Crippen molar-refractivity contribution in [1.29, 1.82) is 5.26 Å². The molecular weight excluding hydrogens is 352 g/mol. The van der Waals surface area contributed by atoms with Gasteiger partial charge in [-0.1, -0.05) is 29.4 Å². The van der Waals surface area contributed by atoms with Crippen molar-refractivity contribution < 1.29 is 9.32 Å². The van der Waals surface area contributed by atoms with Gasteiger partial charge in [0.15, 0.2) is 0 Å². The van der Waals surface area contributed by atoms with Gasteiger partial charge in [-0.15, -0.1) is 0 Å². The Bertz CT molecular complexity index is 1030. The van der Waals surface area contributed by atoms with E-state index in [4.69, 9.17) is 9.78 Å². The van der Waals surface area contributed by atoms with Gasteiger partial charge in [0.05, 0.1) is 11.6 Å². The number of benzene rings is 2. The summed E-state index contributed by atoms with van der Waals surface area (Å²) in [5, 5.41) is 13.0. The first-order chi connectivity index (χ1) is 13.7. The van der Waals surface area contributed by atoms with Crippen molar-refractivity contribution in [1.82, 2.24) is 15.0 Å². The van der Waals surface area contributed by atoms with Crippen LogP contribution in [0, 0.1) is 18.3 Å². The zero-order valence-corrected chi connectivity index (χ0v) is 15.6. The fourth-order valence-electron chi connectivity index (χ4n) is 3.53. The molecule has 2 heterocycles. The minimum atomic E-state index is -0.00549. The van der Waals surface area contributed by atoms with Crippen molar-refractivity contribution in [2.75, 3.05) is 13.1 Å². The Morgan fingerprint density at radius 3 is 2.54 bits per heavy atom. The minimum Gasteiger partial charge on any atom is -0.339 e. The molecule has 0 spiro atoms. The third kappa shape index (κ3) is 3.52. The summed E-state index contributed by atoms with van der Waals surface area (Å²) in [7, 11) is 0. The first kappa shape index (κ1) is 17.9. The van der Waals surface area contributed by atoms with Gasteiger partial charge in [-0.2, -0.15) is 10.2 Å². The summed E-state index contributed by atoms with van der Waals surface area (Å²) in [4.78, 5) is 19.1. The maximum Gasteiger partial charge on any atom is 0.253 e. The zero-order valence-electron chi connectivity index (χ0n) is 15.6. The normalized spacial score (nSPS) is 14.6. The Labute approximate surface area is 163 Å². The van der Waals surface area contributed by atoms with Crippen molar-refractivity contribution in [3.63, 3.8) is 0 Å². The smallest absolute Gasteiger partial charge is 0.253 e. The van der Waals surface area contributed by atoms with Gasteiger partial charge < -0.3 is 9.42 Å². The number of aromatic nitrogens is 2. The predicted octanol–water partition coefficient (Wildman–Crippen LogP) is 3.94. The number of aryl methyl sites for hydroxylation is 1.